The van der Waals surface area contributed by atoms with Gasteiger partial charge in [-0.3, -0.25) is 20.4 Å². The molecule has 0 aromatic heterocycles. The van der Waals surface area contributed by atoms with Gasteiger partial charge in [-0.15, -0.1) is 0 Å². The monoisotopic (exact) mass is 980 g/mol. The molecular weight excluding hydrogens is 921 g/mol. The first-order chi connectivity index (χ1) is 30.6. The van der Waals surface area contributed by atoms with Crippen LogP contribution in [0.5, 0.6) is 23.0 Å². The molecule has 2 amide bonds. The molecule has 0 unspecified atom stereocenters. The molecule has 1 aliphatic heterocycles. The normalized spacial score (nSPS) is 13.1. The molecule has 0 spiro atoms. The highest BCUT2D eigenvalue weighted by Gasteiger charge is 2.31. The summed E-state index contributed by atoms with van der Waals surface area (Å²) in [6.45, 7) is 22.7. The second-order valence-corrected chi connectivity index (χ2v) is 24.0. The number of nitrogens with one attached hydrogen (secondary N) is 2. The molecule has 8 N–H and O–H groups in total. The van der Waals surface area contributed by atoms with E-state index in [-0.39, 0.29) is 11.5 Å². The summed E-state index contributed by atoms with van der Waals surface area (Å²) in [4.78, 5) is 54.7. The maximum absolute atomic E-state index is 12.8. The molecule has 0 fully saturated rings. The zero-order valence-electron chi connectivity index (χ0n) is 39.4. The van der Waals surface area contributed by atoms with Crippen molar-refractivity contribution in [3.63, 3.8) is 0 Å². The van der Waals surface area contributed by atoms with Gasteiger partial charge in [-0.1, -0.05) is 130 Å². The van der Waals surface area contributed by atoms with Gasteiger partial charge in [0.25, 0.3) is 11.8 Å². The SMILES string of the molecule is CC(C)(C)c1cc2c(OCC(=O)O)c(c1)Sc1cc(C(C)(C)C)cc(c1OCC(=O)NN)Sc1cc(C(C)(C)C)cc(c1OCC(=O)O)Sc1cc(C(C)(C)C)cc(c1OCC(=O)NN)S2. The summed E-state index contributed by atoms with van der Waals surface area (Å²) >= 11 is 5.15. The Hall–Kier alpha value is -4.72. The van der Waals surface area contributed by atoms with Crippen LogP contribution in [0.4, 0.5) is 0 Å². The molecule has 5 rings (SSSR count). The van der Waals surface area contributed by atoms with Crippen molar-refractivity contribution in [2.45, 2.75) is 144 Å². The molecule has 1 heterocycles. The number of carboxylic acid groups (broad SMARTS) is 2. The van der Waals surface area contributed by atoms with Crippen LogP contribution in [0.25, 0.3) is 0 Å². The number of ether oxygens (including phenoxy) is 4. The van der Waals surface area contributed by atoms with Crippen LogP contribution in [0.2, 0.25) is 0 Å². The Morgan fingerprint density at radius 2 is 0.591 bits per heavy atom. The Kier molecular flexibility index (Phi) is 16.3. The van der Waals surface area contributed by atoms with Crippen molar-refractivity contribution in [1.29, 1.82) is 0 Å². The third-order valence-corrected chi connectivity index (χ3v) is 14.3. The smallest absolute Gasteiger partial charge is 0.341 e. The zero-order valence-corrected chi connectivity index (χ0v) is 42.7. The minimum absolute atomic E-state index is 0.277. The lowest BCUT2D eigenvalue weighted by Crippen LogP contribution is -2.34. The fourth-order valence-electron chi connectivity index (χ4n) is 6.31. The quantitative estimate of drug-likeness (QED) is 0.0389. The second kappa shape index (κ2) is 20.7. The highest BCUT2D eigenvalue weighted by atomic mass is 32.2. The molecule has 0 aliphatic carbocycles. The van der Waals surface area contributed by atoms with Crippen LogP contribution >= 0.6 is 47.0 Å². The van der Waals surface area contributed by atoms with Gasteiger partial charge in [0.05, 0.1) is 39.2 Å². The number of carbonyl (C=O) groups excluding carboxylic acids is 2. The summed E-state index contributed by atoms with van der Waals surface area (Å²) in [6, 6.07) is 15.8. The fraction of sp³-hybridized carbons (Fsp3) is 0.417. The number of carboxylic acids is 2. The van der Waals surface area contributed by atoms with Crippen molar-refractivity contribution in [1.82, 2.24) is 10.9 Å². The lowest BCUT2D eigenvalue weighted by atomic mass is 9.87. The van der Waals surface area contributed by atoms with E-state index in [1.54, 1.807) is 0 Å². The van der Waals surface area contributed by atoms with Crippen molar-refractivity contribution >= 4 is 70.8 Å². The number of fused-ring (bicyclic) bond motifs is 8. The average molecular weight is 981 g/mol. The van der Waals surface area contributed by atoms with Gasteiger partial charge in [-0.2, -0.15) is 0 Å². The predicted octanol–water partition coefficient (Wildman–Crippen LogP) is 9.46. The third kappa shape index (κ3) is 13.2. The number of hydrogen-bond donors (Lipinski definition) is 6. The Labute approximate surface area is 403 Å². The molecule has 4 aromatic carbocycles. The maximum atomic E-state index is 12.8. The van der Waals surface area contributed by atoms with Gasteiger partial charge in [0, 0.05) is 0 Å². The van der Waals surface area contributed by atoms with E-state index in [1.165, 1.54) is 47.0 Å². The van der Waals surface area contributed by atoms with E-state index in [2.05, 4.69) is 93.9 Å². The van der Waals surface area contributed by atoms with E-state index in [9.17, 15) is 29.4 Å². The van der Waals surface area contributed by atoms with E-state index in [4.69, 9.17) is 30.6 Å². The second-order valence-electron chi connectivity index (χ2n) is 19.7. The highest BCUT2D eigenvalue weighted by Crippen LogP contribution is 2.56. The van der Waals surface area contributed by atoms with Gasteiger partial charge in [0.15, 0.2) is 26.4 Å². The first kappa shape index (κ1) is 52.3. The van der Waals surface area contributed by atoms with Gasteiger partial charge < -0.3 is 29.2 Å². The number of nitrogens with two attached hydrogens (primary N) is 2. The number of aliphatic carboxylic acids is 2. The van der Waals surface area contributed by atoms with E-state index >= 15 is 0 Å². The number of hydrogen-bond acceptors (Lipinski definition) is 14. The van der Waals surface area contributed by atoms with Crippen molar-refractivity contribution < 1.29 is 48.3 Å². The van der Waals surface area contributed by atoms with Crippen LogP contribution < -0.4 is 41.5 Å². The topological polar surface area (TPSA) is 222 Å². The van der Waals surface area contributed by atoms with Gasteiger partial charge >= 0.3 is 11.9 Å². The van der Waals surface area contributed by atoms with E-state index < -0.39 is 71.8 Å². The Morgan fingerprint density at radius 3 is 0.742 bits per heavy atom. The van der Waals surface area contributed by atoms with Crippen LogP contribution in [-0.4, -0.2) is 60.4 Å². The van der Waals surface area contributed by atoms with Crippen molar-refractivity contribution in [2.24, 2.45) is 11.7 Å². The number of hydrazine groups is 2. The first-order valence-electron chi connectivity index (χ1n) is 21.0. The van der Waals surface area contributed by atoms with Crippen LogP contribution in [0, 0.1) is 0 Å². The Morgan fingerprint density at radius 1 is 0.409 bits per heavy atom. The van der Waals surface area contributed by atoms with E-state index in [0.717, 1.165) is 22.3 Å². The molecule has 0 saturated heterocycles. The summed E-state index contributed by atoms with van der Waals surface area (Å²) in [5, 5.41) is 20.0. The van der Waals surface area contributed by atoms with Crippen molar-refractivity contribution in [3.05, 3.63) is 70.8 Å². The molecule has 0 atom stereocenters. The number of rotatable bonds is 12. The number of carbonyl (C=O) groups is 4. The minimum atomic E-state index is -1.18. The summed E-state index contributed by atoms with van der Waals surface area (Å²) in [5.74, 6) is 8.75. The molecule has 8 bridgehead atoms. The number of benzene rings is 4. The lowest BCUT2D eigenvalue weighted by Gasteiger charge is -2.28. The van der Waals surface area contributed by atoms with Gasteiger partial charge in [0.2, 0.25) is 0 Å². The summed E-state index contributed by atoms with van der Waals surface area (Å²) in [5.41, 5.74) is 6.21. The molecule has 18 heteroatoms. The van der Waals surface area contributed by atoms with E-state index in [1.807, 2.05) is 48.5 Å². The first-order valence-corrected chi connectivity index (χ1v) is 24.2. The Bertz CT molecular complexity index is 2250. The molecule has 1 aliphatic rings. The van der Waals surface area contributed by atoms with Crippen molar-refractivity contribution in [3.8, 4) is 23.0 Å². The molecule has 66 heavy (non-hydrogen) atoms. The minimum Gasteiger partial charge on any atom is -0.481 e. The predicted molar refractivity (Wildman–Crippen MR) is 259 cm³/mol. The third-order valence-electron chi connectivity index (χ3n) is 10.1. The summed E-state index contributed by atoms with van der Waals surface area (Å²) in [6.07, 6.45) is 0. The van der Waals surface area contributed by atoms with Crippen LogP contribution in [-0.2, 0) is 40.8 Å². The van der Waals surface area contributed by atoms with Gasteiger partial charge in [0.1, 0.15) is 23.0 Å². The Balaban J connectivity index is 2.05. The molecule has 4 aromatic rings. The standard InChI is InChI=1S/C48H60N4O10S4/c1-45(2,3)25-13-29-41(59-21-37(53)51-49)30(14-25)64-34-18-28(48(10,11)12)20-36(44(34)62-24-40(57)58)66-32-16-26(46(4,5)6)15-31(42(32)60-22-38(54)52-50)65-35-19-27(47(7,8)9)17-33(63-29)43(35)61-23-39(55)56/h13-20H,21-24,49-50H2,1-12H3,(H,51,53)(H,52,54)(H,55,56)(H,57,58). The molecule has 0 radical (unpaired) electrons. The largest absolute Gasteiger partial charge is 0.481 e. The molecule has 356 valence electrons. The summed E-state index contributed by atoms with van der Waals surface area (Å²) in [7, 11) is 0. The van der Waals surface area contributed by atoms with Gasteiger partial charge in [-0.25, -0.2) is 21.3 Å². The van der Waals surface area contributed by atoms with Crippen molar-refractivity contribution in [2.75, 3.05) is 26.4 Å². The van der Waals surface area contributed by atoms with Crippen LogP contribution in [0.1, 0.15) is 105 Å². The van der Waals surface area contributed by atoms with Gasteiger partial charge in [-0.05, 0) is 92.4 Å². The van der Waals surface area contributed by atoms with E-state index in [0.29, 0.717) is 50.7 Å². The average Bonchev–Trinajstić information content (AvgIpc) is 3.19. The molecule has 14 nitrogen and oxygen atoms in total. The highest BCUT2D eigenvalue weighted by molar-refractivity contribution is 8.01. The van der Waals surface area contributed by atoms with Crippen LogP contribution in [0.3, 0.4) is 0 Å². The molecular formula is C48H60N4O10S4. The number of amides is 2. The summed E-state index contributed by atoms with van der Waals surface area (Å²) < 4.78 is 25.4. The molecule has 0 saturated carbocycles. The lowest BCUT2D eigenvalue weighted by molar-refractivity contribution is -0.140. The zero-order chi connectivity index (χ0) is 49.1. The van der Waals surface area contributed by atoms with Crippen LogP contribution in [0.15, 0.2) is 87.7 Å². The maximum Gasteiger partial charge on any atom is 0.341 e. The fourth-order valence-corrected chi connectivity index (χ4v) is 11.1.